The molecule has 3 spiro atoms. The van der Waals surface area contributed by atoms with E-state index < -0.39 is 0 Å². The summed E-state index contributed by atoms with van der Waals surface area (Å²) in [6.07, 6.45) is 6.18. The SMILES string of the molecule is C1CC2(CCS1)CC1(CO2)OC12CCSCC2. The van der Waals surface area contributed by atoms with E-state index in [2.05, 4.69) is 23.5 Å². The predicted molar refractivity (Wildman–Crippen MR) is 73.0 cm³/mol. The van der Waals surface area contributed by atoms with Crippen molar-refractivity contribution in [3.05, 3.63) is 0 Å². The van der Waals surface area contributed by atoms with Crippen LogP contribution in [0, 0.1) is 0 Å². The molecule has 1 atom stereocenters. The normalized spacial score (nSPS) is 42.4. The van der Waals surface area contributed by atoms with Gasteiger partial charge in [-0.2, -0.15) is 23.5 Å². The van der Waals surface area contributed by atoms with E-state index >= 15 is 0 Å². The molecule has 4 saturated heterocycles. The van der Waals surface area contributed by atoms with E-state index in [0.717, 1.165) is 6.61 Å². The average Bonchev–Trinajstić information content (AvgIpc) is 2.77. The van der Waals surface area contributed by atoms with Crippen molar-refractivity contribution in [1.82, 2.24) is 0 Å². The van der Waals surface area contributed by atoms with Crippen molar-refractivity contribution in [3.8, 4) is 0 Å². The largest absolute Gasteiger partial charge is 0.372 e. The van der Waals surface area contributed by atoms with Gasteiger partial charge in [0.05, 0.1) is 12.2 Å². The Kier molecular flexibility index (Phi) is 2.57. The maximum absolute atomic E-state index is 6.28. The first kappa shape index (κ1) is 11.4. The second-order valence-electron chi connectivity index (χ2n) is 5.96. The standard InChI is InChI=1S/C13H20O2S2/c1-5-16-6-2-11(1)9-13(10-14-11)12(15-13)3-7-17-8-4-12/h1-10H2. The van der Waals surface area contributed by atoms with Gasteiger partial charge in [0, 0.05) is 6.42 Å². The molecular weight excluding hydrogens is 252 g/mol. The van der Waals surface area contributed by atoms with Crippen LogP contribution in [0.4, 0.5) is 0 Å². The van der Waals surface area contributed by atoms with Crippen LogP contribution < -0.4 is 0 Å². The fraction of sp³-hybridized carbons (Fsp3) is 1.00. The van der Waals surface area contributed by atoms with Crippen molar-refractivity contribution < 1.29 is 9.47 Å². The second-order valence-corrected chi connectivity index (χ2v) is 8.41. The Morgan fingerprint density at radius 3 is 2.12 bits per heavy atom. The number of ether oxygens (including phenoxy) is 2. The zero-order valence-corrected chi connectivity index (χ0v) is 11.8. The molecule has 0 N–H and O–H groups in total. The highest BCUT2D eigenvalue weighted by molar-refractivity contribution is 7.99. The summed E-state index contributed by atoms with van der Waals surface area (Å²) in [7, 11) is 0. The maximum atomic E-state index is 6.28. The highest BCUT2D eigenvalue weighted by Gasteiger charge is 2.74. The minimum atomic E-state index is 0.135. The van der Waals surface area contributed by atoms with Crippen molar-refractivity contribution in [2.24, 2.45) is 0 Å². The molecular formula is C13H20O2S2. The van der Waals surface area contributed by atoms with Gasteiger partial charge in [0.15, 0.2) is 0 Å². The maximum Gasteiger partial charge on any atom is 0.124 e. The van der Waals surface area contributed by atoms with Gasteiger partial charge in [0.25, 0.3) is 0 Å². The lowest BCUT2D eigenvalue weighted by molar-refractivity contribution is -0.00347. The van der Waals surface area contributed by atoms with Crippen LogP contribution in [0.15, 0.2) is 0 Å². The van der Waals surface area contributed by atoms with Gasteiger partial charge in [-0.05, 0) is 48.7 Å². The molecule has 4 aliphatic heterocycles. The van der Waals surface area contributed by atoms with Crippen LogP contribution >= 0.6 is 23.5 Å². The van der Waals surface area contributed by atoms with Gasteiger partial charge >= 0.3 is 0 Å². The van der Waals surface area contributed by atoms with E-state index in [1.54, 1.807) is 0 Å². The Hall–Kier alpha value is 0.620. The minimum absolute atomic E-state index is 0.135. The molecule has 0 aromatic heterocycles. The number of epoxide rings is 1. The number of fused-ring (bicyclic) bond motifs is 1. The summed E-state index contributed by atoms with van der Waals surface area (Å²) in [4.78, 5) is 0. The van der Waals surface area contributed by atoms with Gasteiger partial charge < -0.3 is 9.47 Å². The van der Waals surface area contributed by atoms with Crippen molar-refractivity contribution in [1.29, 1.82) is 0 Å². The molecule has 4 heteroatoms. The first-order valence-corrected chi connectivity index (χ1v) is 9.09. The number of hydrogen-bond donors (Lipinski definition) is 0. The summed E-state index contributed by atoms with van der Waals surface area (Å²) in [6, 6.07) is 0. The molecule has 0 radical (unpaired) electrons. The average molecular weight is 272 g/mol. The van der Waals surface area contributed by atoms with E-state index in [4.69, 9.17) is 9.47 Å². The smallest absolute Gasteiger partial charge is 0.124 e. The van der Waals surface area contributed by atoms with Gasteiger partial charge in [0.2, 0.25) is 0 Å². The van der Waals surface area contributed by atoms with E-state index in [0.29, 0.717) is 0 Å². The van der Waals surface area contributed by atoms with E-state index in [9.17, 15) is 0 Å². The lowest BCUT2D eigenvalue weighted by Crippen LogP contribution is -2.35. The zero-order valence-electron chi connectivity index (χ0n) is 10.2. The molecule has 0 bridgehead atoms. The highest BCUT2D eigenvalue weighted by Crippen LogP contribution is 2.63. The minimum Gasteiger partial charge on any atom is -0.372 e. The van der Waals surface area contributed by atoms with Crippen LogP contribution in [-0.2, 0) is 9.47 Å². The lowest BCUT2D eigenvalue weighted by atomic mass is 9.80. The first-order valence-electron chi connectivity index (χ1n) is 6.78. The fourth-order valence-corrected chi connectivity index (χ4v) is 6.31. The predicted octanol–water partition coefficient (Wildman–Crippen LogP) is 2.71. The summed E-state index contributed by atoms with van der Waals surface area (Å²) in [6.45, 7) is 0.877. The zero-order chi connectivity index (χ0) is 11.4. The van der Waals surface area contributed by atoms with Crippen LogP contribution in [-0.4, -0.2) is 46.4 Å². The van der Waals surface area contributed by atoms with Crippen LogP contribution in [0.3, 0.4) is 0 Å². The molecule has 4 rings (SSSR count). The van der Waals surface area contributed by atoms with Crippen molar-refractivity contribution in [3.63, 3.8) is 0 Å². The molecule has 4 heterocycles. The summed E-state index contributed by atoms with van der Waals surface area (Å²) in [5.74, 6) is 5.12. The van der Waals surface area contributed by atoms with E-state index in [-0.39, 0.29) is 16.8 Å². The second kappa shape index (κ2) is 3.81. The van der Waals surface area contributed by atoms with Crippen molar-refractivity contribution >= 4 is 23.5 Å². The summed E-state index contributed by atoms with van der Waals surface area (Å²) >= 11 is 4.16. The molecule has 96 valence electrons. The Morgan fingerprint density at radius 2 is 1.41 bits per heavy atom. The van der Waals surface area contributed by atoms with Gasteiger partial charge in [-0.1, -0.05) is 0 Å². The number of rotatable bonds is 0. The Bertz CT molecular complexity index is 305. The number of thioether (sulfide) groups is 2. The van der Waals surface area contributed by atoms with Gasteiger partial charge in [-0.3, -0.25) is 0 Å². The lowest BCUT2D eigenvalue weighted by Gasteiger charge is -2.32. The van der Waals surface area contributed by atoms with Crippen LogP contribution in [0.25, 0.3) is 0 Å². The molecule has 0 saturated carbocycles. The summed E-state index contributed by atoms with van der Waals surface area (Å²) in [5, 5.41) is 0. The molecule has 4 fully saturated rings. The quantitative estimate of drug-likeness (QED) is 0.632. The molecule has 0 aliphatic carbocycles. The van der Waals surface area contributed by atoms with E-state index in [1.807, 2.05) is 0 Å². The van der Waals surface area contributed by atoms with Crippen molar-refractivity contribution in [2.75, 3.05) is 29.6 Å². The van der Waals surface area contributed by atoms with Gasteiger partial charge in [-0.15, -0.1) is 0 Å². The molecule has 0 aromatic carbocycles. The Balaban J connectivity index is 1.51. The molecule has 0 amide bonds. The van der Waals surface area contributed by atoms with Crippen LogP contribution in [0.5, 0.6) is 0 Å². The third-order valence-electron chi connectivity index (χ3n) is 5.10. The Morgan fingerprint density at radius 1 is 0.765 bits per heavy atom. The molecule has 4 aliphatic rings. The first-order chi connectivity index (χ1) is 8.29. The summed E-state index contributed by atoms with van der Waals surface area (Å²) in [5.41, 5.74) is 0.557. The number of hydrogen-bond acceptors (Lipinski definition) is 4. The third kappa shape index (κ3) is 1.63. The fourth-order valence-electron chi connectivity index (χ4n) is 3.92. The van der Waals surface area contributed by atoms with Crippen LogP contribution in [0.2, 0.25) is 0 Å². The molecule has 0 aromatic rings. The van der Waals surface area contributed by atoms with Gasteiger partial charge in [0.1, 0.15) is 11.2 Å². The topological polar surface area (TPSA) is 21.8 Å². The third-order valence-corrected chi connectivity index (χ3v) is 7.07. The molecule has 2 nitrogen and oxygen atoms in total. The van der Waals surface area contributed by atoms with E-state index in [1.165, 1.54) is 55.1 Å². The van der Waals surface area contributed by atoms with Crippen molar-refractivity contribution in [2.45, 2.75) is 48.9 Å². The summed E-state index contributed by atoms with van der Waals surface area (Å²) < 4.78 is 12.5. The molecule has 17 heavy (non-hydrogen) atoms. The Labute approximate surface area is 112 Å². The highest BCUT2D eigenvalue weighted by atomic mass is 32.2. The molecule has 1 unspecified atom stereocenters. The van der Waals surface area contributed by atoms with Gasteiger partial charge in [-0.25, -0.2) is 0 Å². The van der Waals surface area contributed by atoms with Crippen LogP contribution in [0.1, 0.15) is 32.1 Å². The monoisotopic (exact) mass is 272 g/mol.